The van der Waals surface area contributed by atoms with Crippen LogP contribution < -0.4 is 0 Å². The van der Waals surface area contributed by atoms with Gasteiger partial charge < -0.3 is 0 Å². The van der Waals surface area contributed by atoms with Crippen LogP contribution in [0, 0.1) is 0 Å². The Balaban J connectivity index is 2.94. The number of rotatable bonds is 0. The highest BCUT2D eigenvalue weighted by atomic mass is 79.9. The molecule has 5 heteroatoms. The van der Waals surface area contributed by atoms with Gasteiger partial charge in [-0.05, 0) is 28.1 Å². The van der Waals surface area contributed by atoms with E-state index in [-0.39, 0.29) is 0 Å². The first-order valence-electron chi connectivity index (χ1n) is 3.46. The normalized spacial score (nSPS) is 10.7. The molecular formula is C8H3BrCl2N2. The molecule has 0 bridgehead atoms. The Morgan fingerprint density at radius 3 is 2.69 bits per heavy atom. The molecule has 0 spiro atoms. The van der Waals surface area contributed by atoms with Crippen molar-refractivity contribution in [2.45, 2.75) is 0 Å². The number of fused-ring (bicyclic) bond motifs is 1. The molecule has 0 aliphatic heterocycles. The third-order valence-corrected chi connectivity index (χ3v) is 2.55. The summed E-state index contributed by atoms with van der Waals surface area (Å²) in [6.07, 6.45) is 0. The van der Waals surface area contributed by atoms with Gasteiger partial charge in [-0.2, -0.15) is 0 Å². The lowest BCUT2D eigenvalue weighted by molar-refractivity contribution is 1.16. The topological polar surface area (TPSA) is 25.8 Å². The van der Waals surface area contributed by atoms with E-state index in [1.165, 1.54) is 0 Å². The first kappa shape index (κ1) is 9.19. The molecule has 0 unspecified atom stereocenters. The maximum Gasteiger partial charge on any atom is 0.198 e. The Kier molecular flexibility index (Phi) is 2.41. The van der Waals surface area contributed by atoms with Crippen molar-refractivity contribution in [2.24, 2.45) is 0 Å². The lowest BCUT2D eigenvalue weighted by Crippen LogP contribution is -1.87. The molecule has 2 aromatic rings. The van der Waals surface area contributed by atoms with Gasteiger partial charge in [0.1, 0.15) is 5.15 Å². The third-order valence-electron chi connectivity index (χ3n) is 1.60. The molecule has 13 heavy (non-hydrogen) atoms. The molecule has 0 aliphatic carbocycles. The predicted molar refractivity (Wildman–Crippen MR) is 57.3 cm³/mol. The minimum absolute atomic E-state index is 0.402. The highest BCUT2D eigenvalue weighted by molar-refractivity contribution is 9.10. The van der Waals surface area contributed by atoms with Crippen molar-refractivity contribution >= 4 is 50.0 Å². The number of hydrogen-bond donors (Lipinski definition) is 0. The Bertz CT molecular complexity index is 473. The molecule has 1 aromatic heterocycles. The van der Waals surface area contributed by atoms with Gasteiger partial charge in [-0.25, -0.2) is 9.97 Å². The average Bonchev–Trinajstić information content (AvgIpc) is 2.07. The van der Waals surface area contributed by atoms with E-state index in [2.05, 4.69) is 25.9 Å². The molecule has 66 valence electrons. The second-order valence-electron chi connectivity index (χ2n) is 2.42. The van der Waals surface area contributed by atoms with Crippen molar-refractivity contribution in [1.29, 1.82) is 0 Å². The highest BCUT2D eigenvalue weighted by Gasteiger charge is 2.06. The summed E-state index contributed by atoms with van der Waals surface area (Å²) >= 11 is 15.0. The second kappa shape index (κ2) is 3.40. The Morgan fingerprint density at radius 2 is 1.92 bits per heavy atom. The summed E-state index contributed by atoms with van der Waals surface area (Å²) in [5.41, 5.74) is 0.663. The summed E-state index contributed by atoms with van der Waals surface area (Å²) in [4.78, 5) is 8.08. The van der Waals surface area contributed by atoms with Gasteiger partial charge in [-0.15, -0.1) is 0 Å². The van der Waals surface area contributed by atoms with Crippen LogP contribution in [-0.4, -0.2) is 9.97 Å². The van der Waals surface area contributed by atoms with Crippen molar-refractivity contribution < 1.29 is 0 Å². The van der Waals surface area contributed by atoms with Crippen LogP contribution in [0.4, 0.5) is 0 Å². The Morgan fingerprint density at radius 1 is 1.15 bits per heavy atom. The molecule has 0 fully saturated rings. The Hall–Kier alpha value is -0.380. The Labute approximate surface area is 93.0 Å². The molecule has 0 aliphatic rings. The fourth-order valence-electron chi connectivity index (χ4n) is 1.05. The van der Waals surface area contributed by atoms with Crippen LogP contribution in [0.2, 0.25) is 10.2 Å². The summed E-state index contributed by atoms with van der Waals surface area (Å²) in [7, 11) is 0. The van der Waals surface area contributed by atoms with Crippen molar-refractivity contribution in [3.8, 4) is 0 Å². The van der Waals surface area contributed by atoms with Crippen molar-refractivity contribution in [1.82, 2.24) is 9.97 Å². The maximum absolute atomic E-state index is 5.93. The SMILES string of the molecule is Clc1nc(Br)nc2c(Cl)cccc12. The summed E-state index contributed by atoms with van der Waals surface area (Å²) in [6, 6.07) is 5.41. The largest absolute Gasteiger partial charge is 0.220 e. The molecule has 0 saturated carbocycles. The number of para-hydroxylation sites is 1. The second-order valence-corrected chi connectivity index (χ2v) is 3.89. The standard InChI is InChI=1S/C8H3BrCl2N2/c9-8-12-6-4(7(11)13-8)2-1-3-5(6)10/h1-3H. The molecule has 0 atom stereocenters. The zero-order valence-electron chi connectivity index (χ0n) is 6.26. The molecule has 0 radical (unpaired) electrons. The van der Waals surface area contributed by atoms with E-state index in [0.29, 0.717) is 20.4 Å². The molecule has 2 nitrogen and oxygen atoms in total. The van der Waals surface area contributed by atoms with E-state index in [4.69, 9.17) is 23.2 Å². The summed E-state index contributed by atoms with van der Waals surface area (Å²) < 4.78 is 0.443. The van der Waals surface area contributed by atoms with Crippen LogP contribution >= 0.6 is 39.1 Å². The number of halogens is 3. The zero-order chi connectivity index (χ0) is 9.42. The van der Waals surface area contributed by atoms with E-state index < -0.39 is 0 Å². The van der Waals surface area contributed by atoms with E-state index in [0.717, 1.165) is 5.39 Å². The van der Waals surface area contributed by atoms with Crippen molar-refractivity contribution in [3.63, 3.8) is 0 Å². The van der Waals surface area contributed by atoms with E-state index >= 15 is 0 Å². The van der Waals surface area contributed by atoms with Gasteiger partial charge in [0.25, 0.3) is 0 Å². The lowest BCUT2D eigenvalue weighted by atomic mass is 10.2. The fraction of sp³-hybridized carbons (Fsp3) is 0. The van der Waals surface area contributed by atoms with Crippen LogP contribution in [0.15, 0.2) is 22.9 Å². The van der Waals surface area contributed by atoms with Crippen LogP contribution in [-0.2, 0) is 0 Å². The van der Waals surface area contributed by atoms with Gasteiger partial charge in [0, 0.05) is 5.39 Å². The fourth-order valence-corrected chi connectivity index (χ4v) is 1.96. The van der Waals surface area contributed by atoms with Gasteiger partial charge in [0.2, 0.25) is 0 Å². The number of nitrogens with zero attached hydrogens (tertiary/aromatic N) is 2. The van der Waals surface area contributed by atoms with Crippen molar-refractivity contribution in [3.05, 3.63) is 33.1 Å². The molecule has 0 saturated heterocycles. The van der Waals surface area contributed by atoms with Crippen LogP contribution in [0.1, 0.15) is 0 Å². The summed E-state index contributed by atoms with van der Waals surface area (Å²) in [6.45, 7) is 0. The molecular weight excluding hydrogens is 275 g/mol. The first-order valence-corrected chi connectivity index (χ1v) is 5.00. The minimum Gasteiger partial charge on any atom is -0.220 e. The van der Waals surface area contributed by atoms with Gasteiger partial charge in [0.05, 0.1) is 10.5 Å². The smallest absolute Gasteiger partial charge is 0.198 e. The van der Waals surface area contributed by atoms with Gasteiger partial charge >= 0.3 is 0 Å². The lowest BCUT2D eigenvalue weighted by Gasteiger charge is -2.00. The molecule has 0 amide bonds. The molecule has 0 N–H and O–H groups in total. The van der Waals surface area contributed by atoms with Crippen LogP contribution in [0.3, 0.4) is 0 Å². The van der Waals surface area contributed by atoms with E-state index in [9.17, 15) is 0 Å². The van der Waals surface area contributed by atoms with Crippen LogP contribution in [0.25, 0.3) is 10.9 Å². The van der Waals surface area contributed by atoms with E-state index in [1.807, 2.05) is 12.1 Å². The number of hydrogen-bond acceptors (Lipinski definition) is 2. The number of aromatic nitrogens is 2. The van der Waals surface area contributed by atoms with E-state index in [1.54, 1.807) is 6.07 Å². The predicted octanol–water partition coefficient (Wildman–Crippen LogP) is 3.70. The molecule has 1 heterocycles. The number of benzene rings is 1. The minimum atomic E-state index is 0.402. The summed E-state index contributed by atoms with van der Waals surface area (Å²) in [5, 5.41) is 1.74. The molecule has 1 aromatic carbocycles. The quantitative estimate of drug-likeness (QED) is 0.542. The summed E-state index contributed by atoms with van der Waals surface area (Å²) in [5.74, 6) is 0. The third kappa shape index (κ3) is 1.64. The molecule has 2 rings (SSSR count). The van der Waals surface area contributed by atoms with Crippen molar-refractivity contribution in [2.75, 3.05) is 0 Å². The van der Waals surface area contributed by atoms with Crippen LogP contribution in [0.5, 0.6) is 0 Å². The zero-order valence-corrected chi connectivity index (χ0v) is 9.36. The van der Waals surface area contributed by atoms with Gasteiger partial charge in [-0.3, -0.25) is 0 Å². The first-order chi connectivity index (χ1) is 6.18. The monoisotopic (exact) mass is 276 g/mol. The van der Waals surface area contributed by atoms with Gasteiger partial charge in [0.15, 0.2) is 4.73 Å². The average molecular weight is 278 g/mol. The van der Waals surface area contributed by atoms with Gasteiger partial charge in [-0.1, -0.05) is 29.3 Å². The highest BCUT2D eigenvalue weighted by Crippen LogP contribution is 2.27. The maximum atomic E-state index is 5.93.